The number of pyridine rings is 1. The fourth-order valence-electron chi connectivity index (χ4n) is 4.05. The summed E-state index contributed by atoms with van der Waals surface area (Å²) in [4.78, 5) is 4.39. The lowest BCUT2D eigenvalue weighted by molar-refractivity contribution is 0.0211. The topological polar surface area (TPSA) is 101 Å². The van der Waals surface area contributed by atoms with Gasteiger partial charge in [0.1, 0.15) is 17.6 Å². The molecule has 0 spiro atoms. The maximum atomic E-state index is 13.7. The van der Waals surface area contributed by atoms with Crippen molar-refractivity contribution in [2.45, 2.75) is 30.9 Å². The Morgan fingerprint density at radius 3 is 2.74 bits per heavy atom. The van der Waals surface area contributed by atoms with E-state index in [0.29, 0.717) is 63.4 Å². The summed E-state index contributed by atoms with van der Waals surface area (Å²) in [6, 6.07) is 10.2. The van der Waals surface area contributed by atoms with Gasteiger partial charge < -0.3 is 15.4 Å². The second-order valence-electron chi connectivity index (χ2n) is 8.71. The first-order chi connectivity index (χ1) is 17.4. The summed E-state index contributed by atoms with van der Waals surface area (Å²) >= 11 is 6.63. The highest BCUT2D eigenvalue weighted by Gasteiger charge is 2.27. The van der Waals surface area contributed by atoms with Gasteiger partial charge in [0.05, 0.1) is 60.7 Å². The van der Waals surface area contributed by atoms with E-state index in [1.54, 1.807) is 35.1 Å². The lowest BCUT2D eigenvalue weighted by Gasteiger charge is -2.29. The molecule has 2 aromatic heterocycles. The standard InChI is InChI=1S/C25H21ClFN7O/c26-21-8-17(7-20-23(31-18-12-35-13-18)15(9-28)10-29-25(20)21)30-24(14-1-3-16(27)4-2-14)22-11-34(33-32-22)19-5-6-19/h1-4,7-8,10-11,18-19,24,30H,5-6,12-13H2,(H,29,31)/t24-/m1/s1/i24D. The van der Waals surface area contributed by atoms with Crippen LogP contribution in [0, 0.1) is 17.1 Å². The highest BCUT2D eigenvalue weighted by molar-refractivity contribution is 6.35. The lowest BCUT2D eigenvalue weighted by atomic mass is 10.0. The second-order valence-corrected chi connectivity index (χ2v) is 9.12. The van der Waals surface area contributed by atoms with E-state index in [1.807, 2.05) is 0 Å². The third-order valence-corrected chi connectivity index (χ3v) is 6.41. The zero-order valence-corrected chi connectivity index (χ0v) is 19.3. The van der Waals surface area contributed by atoms with Crippen molar-refractivity contribution in [2.75, 3.05) is 23.8 Å². The predicted molar refractivity (Wildman–Crippen MR) is 130 cm³/mol. The molecule has 1 atom stereocenters. The van der Waals surface area contributed by atoms with Gasteiger partial charge in [-0.25, -0.2) is 9.07 Å². The summed E-state index contributed by atoms with van der Waals surface area (Å²) < 4.78 is 30.2. The summed E-state index contributed by atoms with van der Waals surface area (Å²) in [5, 5.41) is 25.8. The van der Waals surface area contributed by atoms with Gasteiger partial charge in [-0.1, -0.05) is 28.9 Å². The molecule has 2 fully saturated rings. The molecule has 176 valence electrons. The molecule has 4 aromatic rings. The Morgan fingerprint density at radius 1 is 1.26 bits per heavy atom. The largest absolute Gasteiger partial charge is 0.377 e. The Morgan fingerprint density at radius 2 is 2.06 bits per heavy atom. The van der Waals surface area contributed by atoms with Crippen LogP contribution in [0.2, 0.25) is 5.02 Å². The Balaban J connectivity index is 1.46. The van der Waals surface area contributed by atoms with Gasteiger partial charge in [0.2, 0.25) is 0 Å². The fourth-order valence-corrected chi connectivity index (χ4v) is 4.32. The van der Waals surface area contributed by atoms with Gasteiger partial charge in [0, 0.05) is 17.3 Å². The van der Waals surface area contributed by atoms with Gasteiger partial charge in [-0.3, -0.25) is 4.98 Å². The third kappa shape index (κ3) is 4.27. The van der Waals surface area contributed by atoms with Crippen LogP contribution in [-0.4, -0.2) is 39.2 Å². The molecule has 0 bridgehead atoms. The van der Waals surface area contributed by atoms with Crippen molar-refractivity contribution in [3.63, 3.8) is 0 Å². The molecule has 0 amide bonds. The minimum absolute atomic E-state index is 0.0741. The molecule has 2 N–H and O–H groups in total. The molecule has 1 aliphatic heterocycles. The fraction of sp³-hybridized carbons (Fsp3) is 0.280. The van der Waals surface area contributed by atoms with E-state index in [1.165, 1.54) is 18.3 Å². The van der Waals surface area contributed by atoms with E-state index in [2.05, 4.69) is 32.0 Å². The number of benzene rings is 2. The number of nitriles is 1. The van der Waals surface area contributed by atoms with Gasteiger partial charge in [-0.15, -0.1) is 5.10 Å². The molecule has 0 unspecified atom stereocenters. The SMILES string of the molecule is [2H][C@@](Nc1cc(Cl)c2ncc(C#N)c(NC3COC3)c2c1)(c1ccc(F)cc1)c1cn(C2CC2)nn1. The number of nitrogens with zero attached hydrogens (tertiary/aromatic N) is 5. The van der Waals surface area contributed by atoms with Gasteiger partial charge in [-0.05, 0) is 42.7 Å². The quantitative estimate of drug-likeness (QED) is 0.382. The summed E-state index contributed by atoms with van der Waals surface area (Å²) in [6.07, 6.45) is 5.29. The normalized spacial score (nSPS) is 17.8. The van der Waals surface area contributed by atoms with Crippen molar-refractivity contribution in [3.8, 4) is 6.07 Å². The Hall–Kier alpha value is -3.74. The number of rotatable bonds is 7. The van der Waals surface area contributed by atoms with Crippen LogP contribution < -0.4 is 10.6 Å². The summed E-state index contributed by atoms with van der Waals surface area (Å²) in [5.74, 6) is -0.401. The Kier molecular flexibility index (Phi) is 5.18. The van der Waals surface area contributed by atoms with E-state index in [0.717, 1.165) is 12.8 Å². The number of hydrogen-bond acceptors (Lipinski definition) is 7. The van der Waals surface area contributed by atoms with Crippen LogP contribution in [0.5, 0.6) is 0 Å². The van der Waals surface area contributed by atoms with Crippen molar-refractivity contribution in [1.82, 2.24) is 20.0 Å². The third-order valence-electron chi connectivity index (χ3n) is 6.12. The van der Waals surface area contributed by atoms with Crippen molar-refractivity contribution < 1.29 is 10.5 Å². The molecular formula is C25H21ClFN7O. The summed E-state index contributed by atoms with van der Waals surface area (Å²) in [6.45, 7) is 1.08. The number of nitrogens with one attached hydrogen (secondary N) is 2. The van der Waals surface area contributed by atoms with Crippen LogP contribution in [0.1, 0.15) is 43.1 Å². The van der Waals surface area contributed by atoms with Crippen LogP contribution in [0.3, 0.4) is 0 Å². The van der Waals surface area contributed by atoms with Crippen molar-refractivity contribution in [3.05, 3.63) is 76.5 Å². The monoisotopic (exact) mass is 490 g/mol. The molecule has 35 heavy (non-hydrogen) atoms. The molecule has 1 saturated heterocycles. The highest BCUT2D eigenvalue weighted by atomic mass is 35.5. The molecular weight excluding hydrogens is 469 g/mol. The summed E-state index contributed by atoms with van der Waals surface area (Å²) in [5.41, 5.74) is 2.88. The van der Waals surface area contributed by atoms with E-state index >= 15 is 0 Å². The smallest absolute Gasteiger partial charge is 0.123 e. The first kappa shape index (κ1) is 20.6. The zero-order valence-electron chi connectivity index (χ0n) is 19.5. The van der Waals surface area contributed by atoms with E-state index in [-0.39, 0.29) is 6.04 Å². The minimum Gasteiger partial charge on any atom is -0.377 e. The number of anilines is 2. The highest BCUT2D eigenvalue weighted by Crippen LogP contribution is 2.37. The molecule has 1 aliphatic carbocycles. The molecule has 2 aliphatic rings. The number of ether oxygens (including phenoxy) is 1. The number of hydrogen-bond donors (Lipinski definition) is 2. The van der Waals surface area contributed by atoms with Crippen LogP contribution >= 0.6 is 11.6 Å². The van der Waals surface area contributed by atoms with Gasteiger partial charge >= 0.3 is 0 Å². The first-order valence-electron chi connectivity index (χ1n) is 11.8. The number of aromatic nitrogens is 4. The average molecular weight is 491 g/mol. The van der Waals surface area contributed by atoms with Crippen molar-refractivity contribution >= 4 is 33.9 Å². The van der Waals surface area contributed by atoms with E-state index in [4.69, 9.17) is 16.3 Å². The molecule has 8 nitrogen and oxygen atoms in total. The van der Waals surface area contributed by atoms with Crippen LogP contribution in [0.25, 0.3) is 10.9 Å². The molecule has 3 heterocycles. The average Bonchev–Trinajstić information content (AvgIpc) is 3.57. The summed E-state index contributed by atoms with van der Waals surface area (Å²) in [7, 11) is 0. The van der Waals surface area contributed by atoms with Crippen LogP contribution in [0.15, 0.2) is 48.8 Å². The van der Waals surface area contributed by atoms with Gasteiger partial charge in [0.25, 0.3) is 0 Å². The minimum atomic E-state index is -1.59. The molecule has 2 aromatic carbocycles. The van der Waals surface area contributed by atoms with Gasteiger partial charge in [-0.2, -0.15) is 5.26 Å². The lowest BCUT2D eigenvalue weighted by Crippen LogP contribution is -2.40. The van der Waals surface area contributed by atoms with E-state index in [9.17, 15) is 11.0 Å². The first-order valence-corrected chi connectivity index (χ1v) is 11.7. The number of fused-ring (bicyclic) bond motifs is 1. The Bertz CT molecular complexity index is 1500. The molecule has 1 saturated carbocycles. The van der Waals surface area contributed by atoms with Crippen molar-refractivity contribution in [2.24, 2.45) is 0 Å². The molecule has 6 rings (SSSR count). The van der Waals surface area contributed by atoms with Crippen LogP contribution in [0.4, 0.5) is 15.8 Å². The predicted octanol–water partition coefficient (Wildman–Crippen LogP) is 4.84. The number of halogens is 2. The maximum Gasteiger partial charge on any atom is 0.123 e. The van der Waals surface area contributed by atoms with E-state index < -0.39 is 11.8 Å². The zero-order chi connectivity index (χ0) is 24.9. The maximum absolute atomic E-state index is 13.7. The Labute approximate surface area is 207 Å². The van der Waals surface area contributed by atoms with Gasteiger partial charge in [0.15, 0.2) is 0 Å². The van der Waals surface area contributed by atoms with Crippen molar-refractivity contribution in [1.29, 1.82) is 5.26 Å². The second kappa shape index (κ2) is 8.80. The molecule has 0 radical (unpaired) electrons. The molecule has 10 heteroatoms. The van der Waals surface area contributed by atoms with Crippen LogP contribution in [-0.2, 0) is 4.74 Å².